The molecule has 0 amide bonds. The van der Waals surface area contributed by atoms with Crippen LogP contribution in [0.5, 0.6) is 0 Å². The monoisotopic (exact) mass is 164 g/mol. The van der Waals surface area contributed by atoms with Crippen LogP contribution in [0.15, 0.2) is 12.2 Å². The molecule has 2 fully saturated rings. The van der Waals surface area contributed by atoms with Gasteiger partial charge >= 0.3 is 5.97 Å². The third-order valence-corrected chi connectivity index (χ3v) is 4.02. The van der Waals surface area contributed by atoms with E-state index in [4.69, 9.17) is 5.11 Å². The van der Waals surface area contributed by atoms with Gasteiger partial charge in [0.1, 0.15) is 0 Å². The van der Waals surface area contributed by atoms with E-state index in [9.17, 15) is 4.79 Å². The average Bonchev–Trinajstić information content (AvgIpc) is 2.03. The van der Waals surface area contributed by atoms with E-state index in [1.165, 1.54) is 6.42 Å². The Bertz CT molecular complexity index is 282. The van der Waals surface area contributed by atoms with E-state index in [0.29, 0.717) is 17.8 Å². The van der Waals surface area contributed by atoms with Crippen LogP contribution in [0.25, 0.3) is 0 Å². The smallest absolute Gasteiger partial charge is 0.310 e. The maximum Gasteiger partial charge on any atom is 0.310 e. The van der Waals surface area contributed by atoms with Gasteiger partial charge in [0.05, 0.1) is 5.41 Å². The number of carboxylic acid groups (broad SMARTS) is 1. The summed E-state index contributed by atoms with van der Waals surface area (Å²) in [6.07, 6.45) is 7.46. The molecule has 2 nitrogen and oxygen atoms in total. The highest BCUT2D eigenvalue weighted by Gasteiger charge is 2.63. The topological polar surface area (TPSA) is 37.3 Å². The molecular formula is C10H12O2. The van der Waals surface area contributed by atoms with Gasteiger partial charge in [0.25, 0.3) is 0 Å². The fourth-order valence-corrected chi connectivity index (χ4v) is 3.49. The highest BCUT2D eigenvalue weighted by Crippen LogP contribution is 2.65. The largest absolute Gasteiger partial charge is 0.481 e. The van der Waals surface area contributed by atoms with Crippen LogP contribution in [-0.4, -0.2) is 11.1 Å². The van der Waals surface area contributed by atoms with Crippen LogP contribution in [0, 0.1) is 23.2 Å². The van der Waals surface area contributed by atoms with E-state index in [-0.39, 0.29) is 5.41 Å². The van der Waals surface area contributed by atoms with E-state index in [1.807, 2.05) is 0 Å². The van der Waals surface area contributed by atoms with Crippen molar-refractivity contribution >= 4 is 5.97 Å². The Morgan fingerprint density at radius 2 is 2.25 bits per heavy atom. The predicted octanol–water partition coefficient (Wildman–Crippen LogP) is 1.67. The third kappa shape index (κ3) is 0.530. The van der Waals surface area contributed by atoms with Crippen LogP contribution in [0.3, 0.4) is 0 Å². The standard InChI is InChI=1S/C10H12O2/c11-9(12)10-4-6-1-2-8(10)7(3-6)5-10/h1-2,6-8H,3-5H2,(H,11,12)/t6?,7-,8-,10-/m0/s1. The summed E-state index contributed by atoms with van der Waals surface area (Å²) in [4.78, 5) is 11.1. The van der Waals surface area contributed by atoms with Crippen LogP contribution < -0.4 is 0 Å². The average molecular weight is 164 g/mol. The number of hydrogen-bond donors (Lipinski definition) is 1. The lowest BCUT2D eigenvalue weighted by molar-refractivity contribution is -0.177. The summed E-state index contributed by atoms with van der Waals surface area (Å²) < 4.78 is 0. The quantitative estimate of drug-likeness (QED) is 0.598. The summed E-state index contributed by atoms with van der Waals surface area (Å²) in [5.41, 5.74) is -0.331. The molecule has 4 aliphatic rings. The summed E-state index contributed by atoms with van der Waals surface area (Å²) in [5.74, 6) is 1.09. The second-order valence-electron chi connectivity index (χ2n) is 4.54. The van der Waals surface area contributed by atoms with E-state index in [0.717, 1.165) is 12.8 Å². The summed E-state index contributed by atoms with van der Waals surface area (Å²) in [6, 6.07) is 0. The van der Waals surface area contributed by atoms with Gasteiger partial charge in [-0.25, -0.2) is 0 Å². The van der Waals surface area contributed by atoms with E-state index in [1.54, 1.807) is 0 Å². The van der Waals surface area contributed by atoms with Crippen molar-refractivity contribution in [2.24, 2.45) is 23.2 Å². The maximum atomic E-state index is 11.1. The maximum absolute atomic E-state index is 11.1. The molecule has 0 saturated heterocycles. The first-order valence-electron chi connectivity index (χ1n) is 4.64. The third-order valence-electron chi connectivity index (χ3n) is 4.02. The van der Waals surface area contributed by atoms with Gasteiger partial charge < -0.3 is 5.11 Å². The predicted molar refractivity (Wildman–Crippen MR) is 43.5 cm³/mol. The zero-order valence-electron chi connectivity index (χ0n) is 6.86. The first-order valence-corrected chi connectivity index (χ1v) is 4.64. The first kappa shape index (κ1) is 6.70. The molecule has 0 aromatic heterocycles. The lowest BCUT2D eigenvalue weighted by Gasteiger charge is -2.60. The molecule has 0 aromatic carbocycles. The van der Waals surface area contributed by atoms with Gasteiger partial charge in [0, 0.05) is 0 Å². The molecule has 4 bridgehead atoms. The molecule has 12 heavy (non-hydrogen) atoms. The Morgan fingerprint density at radius 3 is 2.67 bits per heavy atom. The summed E-state index contributed by atoms with van der Waals surface area (Å²) in [5, 5.41) is 9.12. The Balaban J connectivity index is 2.04. The lowest BCUT2D eigenvalue weighted by Crippen LogP contribution is -2.59. The van der Waals surface area contributed by atoms with Gasteiger partial charge in [0.15, 0.2) is 0 Å². The summed E-state index contributed by atoms with van der Waals surface area (Å²) >= 11 is 0. The van der Waals surface area contributed by atoms with Gasteiger partial charge in [-0.05, 0) is 37.0 Å². The van der Waals surface area contributed by atoms with Crippen LogP contribution >= 0.6 is 0 Å². The van der Waals surface area contributed by atoms with E-state index < -0.39 is 5.97 Å². The van der Waals surface area contributed by atoms with Crippen molar-refractivity contribution in [2.75, 3.05) is 0 Å². The molecular weight excluding hydrogens is 152 g/mol. The lowest BCUT2D eigenvalue weighted by atomic mass is 9.42. The molecule has 64 valence electrons. The van der Waals surface area contributed by atoms with Crippen molar-refractivity contribution in [3.8, 4) is 0 Å². The fourth-order valence-electron chi connectivity index (χ4n) is 3.49. The zero-order chi connectivity index (χ0) is 8.34. The molecule has 0 radical (unpaired) electrons. The van der Waals surface area contributed by atoms with Crippen LogP contribution in [0.4, 0.5) is 0 Å². The molecule has 2 heteroatoms. The highest BCUT2D eigenvalue weighted by molar-refractivity contribution is 5.78. The number of carbonyl (C=O) groups is 1. The minimum Gasteiger partial charge on any atom is -0.481 e. The molecule has 2 saturated carbocycles. The molecule has 1 N–H and O–H groups in total. The molecule has 1 unspecified atom stereocenters. The van der Waals surface area contributed by atoms with Crippen molar-refractivity contribution in [1.82, 2.24) is 0 Å². The van der Waals surface area contributed by atoms with E-state index in [2.05, 4.69) is 12.2 Å². The Labute approximate surface area is 71.3 Å². The van der Waals surface area contributed by atoms with Gasteiger partial charge in [0.2, 0.25) is 0 Å². The minimum atomic E-state index is -0.558. The molecule has 4 rings (SSSR count). The first-order chi connectivity index (χ1) is 5.72. The molecule has 0 spiro atoms. The Morgan fingerprint density at radius 1 is 1.42 bits per heavy atom. The normalized spacial score (nSPS) is 53.5. The van der Waals surface area contributed by atoms with Crippen molar-refractivity contribution in [3.63, 3.8) is 0 Å². The Kier molecular flexibility index (Phi) is 0.980. The number of carboxylic acids is 1. The molecule has 0 heterocycles. The van der Waals surface area contributed by atoms with E-state index >= 15 is 0 Å². The number of allylic oxidation sites excluding steroid dienone is 2. The van der Waals surface area contributed by atoms with Crippen LogP contribution in [-0.2, 0) is 4.79 Å². The Hall–Kier alpha value is -0.790. The second-order valence-corrected chi connectivity index (χ2v) is 4.54. The molecule has 4 atom stereocenters. The molecule has 0 aliphatic heterocycles. The fraction of sp³-hybridized carbons (Fsp3) is 0.700. The van der Waals surface area contributed by atoms with Crippen molar-refractivity contribution in [2.45, 2.75) is 19.3 Å². The minimum absolute atomic E-state index is 0.331. The SMILES string of the molecule is O=C(O)[C@]12CC3C=C[C@H]1[C@@H](C3)C2. The number of rotatable bonds is 1. The number of hydrogen-bond acceptors (Lipinski definition) is 1. The van der Waals surface area contributed by atoms with Crippen LogP contribution in [0.2, 0.25) is 0 Å². The van der Waals surface area contributed by atoms with Crippen molar-refractivity contribution in [3.05, 3.63) is 12.2 Å². The van der Waals surface area contributed by atoms with Crippen molar-refractivity contribution < 1.29 is 9.90 Å². The van der Waals surface area contributed by atoms with Crippen molar-refractivity contribution in [1.29, 1.82) is 0 Å². The second kappa shape index (κ2) is 1.76. The van der Waals surface area contributed by atoms with Crippen LogP contribution in [0.1, 0.15) is 19.3 Å². The van der Waals surface area contributed by atoms with Gasteiger partial charge in [-0.2, -0.15) is 0 Å². The summed E-state index contributed by atoms with van der Waals surface area (Å²) in [6.45, 7) is 0. The molecule has 0 aromatic rings. The summed E-state index contributed by atoms with van der Waals surface area (Å²) in [7, 11) is 0. The van der Waals surface area contributed by atoms with Gasteiger partial charge in [-0.15, -0.1) is 0 Å². The number of aliphatic carboxylic acids is 1. The van der Waals surface area contributed by atoms with Gasteiger partial charge in [-0.1, -0.05) is 12.2 Å². The molecule has 4 aliphatic carbocycles. The highest BCUT2D eigenvalue weighted by atomic mass is 16.4. The van der Waals surface area contributed by atoms with Gasteiger partial charge in [-0.3, -0.25) is 4.79 Å². The zero-order valence-corrected chi connectivity index (χ0v) is 6.86.